The standard InChI is InChI=1S/C19H23Cl2N5O3S/c1-2-3-4-8-30(28,29)9-7-26-17-16(12-23-26)24-19(25-18(17)27)22-11-13-5-6-14(20)15(21)10-13/h5-6,10,12H,2-4,7-9,11H2,1H3,(H2,22,24,25,27). The van der Waals surface area contributed by atoms with Gasteiger partial charge in [0.05, 0.1) is 34.3 Å². The van der Waals surface area contributed by atoms with Gasteiger partial charge in [0.2, 0.25) is 5.95 Å². The van der Waals surface area contributed by atoms with Crippen molar-refractivity contribution in [2.24, 2.45) is 0 Å². The van der Waals surface area contributed by atoms with Crippen LogP contribution in [-0.4, -0.2) is 39.7 Å². The smallest absolute Gasteiger partial charge is 0.278 e. The predicted molar refractivity (Wildman–Crippen MR) is 120 cm³/mol. The SMILES string of the molecule is CCCCCS(=O)(=O)CCn1ncc2nc(NCc3ccc(Cl)c(Cl)c3)[nH]c(=O)c21. The molecule has 2 aromatic heterocycles. The number of aromatic nitrogens is 4. The van der Waals surface area contributed by atoms with E-state index in [0.717, 1.165) is 18.4 Å². The van der Waals surface area contributed by atoms with Gasteiger partial charge >= 0.3 is 0 Å². The van der Waals surface area contributed by atoms with Crippen molar-refractivity contribution in [3.05, 3.63) is 50.4 Å². The van der Waals surface area contributed by atoms with Gasteiger partial charge in [0.15, 0.2) is 15.4 Å². The van der Waals surface area contributed by atoms with Gasteiger partial charge in [0.25, 0.3) is 5.56 Å². The first-order valence-electron chi connectivity index (χ1n) is 9.63. The first-order valence-corrected chi connectivity index (χ1v) is 12.2. The number of fused-ring (bicyclic) bond motifs is 1. The molecule has 0 aliphatic carbocycles. The first kappa shape index (κ1) is 22.6. The lowest BCUT2D eigenvalue weighted by Crippen LogP contribution is -2.20. The summed E-state index contributed by atoms with van der Waals surface area (Å²) in [4.78, 5) is 19.6. The summed E-state index contributed by atoms with van der Waals surface area (Å²) in [6, 6.07) is 5.24. The average Bonchev–Trinajstić information content (AvgIpc) is 3.11. The lowest BCUT2D eigenvalue weighted by Gasteiger charge is -2.08. The summed E-state index contributed by atoms with van der Waals surface area (Å²) >= 11 is 11.9. The Hall–Kier alpha value is -2.10. The second kappa shape index (κ2) is 9.80. The minimum Gasteiger partial charge on any atom is -0.352 e. The van der Waals surface area contributed by atoms with Crippen LogP contribution in [0, 0.1) is 0 Å². The molecule has 8 nitrogen and oxygen atoms in total. The van der Waals surface area contributed by atoms with Crippen LogP contribution < -0.4 is 10.9 Å². The van der Waals surface area contributed by atoms with E-state index in [1.165, 1.54) is 10.9 Å². The number of sulfone groups is 1. The molecule has 0 spiro atoms. The highest BCUT2D eigenvalue weighted by Gasteiger charge is 2.15. The number of aryl methyl sites for hydroxylation is 1. The molecule has 0 fully saturated rings. The van der Waals surface area contributed by atoms with Crippen LogP contribution in [0.2, 0.25) is 10.0 Å². The Labute approximate surface area is 184 Å². The van der Waals surface area contributed by atoms with Gasteiger partial charge < -0.3 is 5.32 Å². The van der Waals surface area contributed by atoms with Crippen molar-refractivity contribution >= 4 is 50.0 Å². The molecule has 0 aliphatic rings. The van der Waals surface area contributed by atoms with Crippen molar-refractivity contribution in [2.75, 3.05) is 16.8 Å². The largest absolute Gasteiger partial charge is 0.352 e. The number of unbranched alkanes of at least 4 members (excludes halogenated alkanes) is 2. The van der Waals surface area contributed by atoms with Gasteiger partial charge in [0.1, 0.15) is 5.52 Å². The van der Waals surface area contributed by atoms with Gasteiger partial charge in [0, 0.05) is 6.54 Å². The van der Waals surface area contributed by atoms with Crippen molar-refractivity contribution in [3.8, 4) is 0 Å². The first-order chi connectivity index (χ1) is 14.3. The molecule has 0 saturated heterocycles. The summed E-state index contributed by atoms with van der Waals surface area (Å²) in [6.07, 6.45) is 3.95. The molecular weight excluding hydrogens is 449 g/mol. The summed E-state index contributed by atoms with van der Waals surface area (Å²) in [7, 11) is -3.19. The number of hydrogen-bond acceptors (Lipinski definition) is 6. The molecule has 0 saturated carbocycles. The number of rotatable bonds is 10. The van der Waals surface area contributed by atoms with Crippen LogP contribution >= 0.6 is 23.2 Å². The van der Waals surface area contributed by atoms with Crippen LogP contribution in [0.5, 0.6) is 0 Å². The van der Waals surface area contributed by atoms with Crippen molar-refractivity contribution < 1.29 is 8.42 Å². The summed E-state index contributed by atoms with van der Waals surface area (Å²) in [6.45, 7) is 2.52. The zero-order valence-electron chi connectivity index (χ0n) is 16.5. The Bertz CT molecular complexity index is 1190. The van der Waals surface area contributed by atoms with Crippen LogP contribution in [0.15, 0.2) is 29.2 Å². The Balaban J connectivity index is 1.70. The predicted octanol–water partition coefficient (Wildman–Crippen LogP) is 3.64. The van der Waals surface area contributed by atoms with Gasteiger partial charge in [-0.05, 0) is 24.1 Å². The number of hydrogen-bond donors (Lipinski definition) is 2. The zero-order chi connectivity index (χ0) is 21.7. The number of benzene rings is 1. The molecule has 0 radical (unpaired) electrons. The van der Waals surface area contributed by atoms with E-state index in [1.807, 2.05) is 13.0 Å². The third-order valence-electron chi connectivity index (χ3n) is 4.62. The third kappa shape index (κ3) is 5.74. The molecule has 2 N–H and O–H groups in total. The van der Waals surface area contributed by atoms with Gasteiger partial charge in [-0.3, -0.25) is 14.5 Å². The van der Waals surface area contributed by atoms with E-state index in [9.17, 15) is 13.2 Å². The quantitative estimate of drug-likeness (QED) is 0.436. The second-order valence-electron chi connectivity index (χ2n) is 6.98. The van der Waals surface area contributed by atoms with Crippen LogP contribution in [0.1, 0.15) is 31.7 Å². The van der Waals surface area contributed by atoms with Gasteiger partial charge in [-0.25, -0.2) is 13.4 Å². The number of nitrogens with one attached hydrogen (secondary N) is 2. The number of anilines is 1. The van der Waals surface area contributed by atoms with Crippen molar-refractivity contribution in [1.82, 2.24) is 19.7 Å². The summed E-state index contributed by atoms with van der Waals surface area (Å²) in [5.74, 6) is 0.368. The maximum atomic E-state index is 12.5. The fraction of sp³-hybridized carbons (Fsp3) is 0.421. The van der Waals surface area contributed by atoms with E-state index in [4.69, 9.17) is 23.2 Å². The Morgan fingerprint density at radius 1 is 1.17 bits per heavy atom. The van der Waals surface area contributed by atoms with Crippen molar-refractivity contribution in [2.45, 2.75) is 39.3 Å². The number of nitrogens with zero attached hydrogens (tertiary/aromatic N) is 3. The van der Waals surface area contributed by atoms with Gasteiger partial charge in [-0.2, -0.15) is 5.10 Å². The highest BCUT2D eigenvalue weighted by atomic mass is 35.5. The zero-order valence-corrected chi connectivity index (χ0v) is 18.8. The molecular formula is C19H23Cl2N5O3S. The number of H-pyrrole nitrogens is 1. The van der Waals surface area contributed by atoms with Crippen LogP contribution in [0.4, 0.5) is 5.95 Å². The van der Waals surface area contributed by atoms with Crippen molar-refractivity contribution in [1.29, 1.82) is 0 Å². The third-order valence-corrected chi connectivity index (χ3v) is 7.07. The Morgan fingerprint density at radius 3 is 2.70 bits per heavy atom. The van der Waals surface area contributed by atoms with E-state index in [2.05, 4.69) is 20.4 Å². The molecule has 3 rings (SSSR count). The van der Waals surface area contributed by atoms with E-state index in [-0.39, 0.29) is 29.5 Å². The molecule has 30 heavy (non-hydrogen) atoms. The maximum absolute atomic E-state index is 12.5. The Kier molecular flexibility index (Phi) is 7.38. The van der Waals surface area contributed by atoms with Crippen LogP contribution in [0.25, 0.3) is 11.0 Å². The topological polar surface area (TPSA) is 110 Å². The van der Waals surface area contributed by atoms with Gasteiger partial charge in [-0.15, -0.1) is 0 Å². The minimum absolute atomic E-state index is 0.0652. The molecule has 0 atom stereocenters. The van der Waals surface area contributed by atoms with Crippen LogP contribution in [0.3, 0.4) is 0 Å². The minimum atomic E-state index is -3.19. The van der Waals surface area contributed by atoms with E-state index >= 15 is 0 Å². The molecule has 0 aliphatic heterocycles. The van der Waals surface area contributed by atoms with Crippen molar-refractivity contribution in [3.63, 3.8) is 0 Å². The monoisotopic (exact) mass is 471 g/mol. The fourth-order valence-electron chi connectivity index (χ4n) is 2.99. The molecule has 2 heterocycles. The summed E-state index contributed by atoms with van der Waals surface area (Å²) in [5.41, 5.74) is 1.12. The normalized spacial score (nSPS) is 11.8. The van der Waals surface area contributed by atoms with Gasteiger partial charge in [-0.1, -0.05) is 49.0 Å². The molecule has 1 aromatic carbocycles. The molecule has 0 unspecified atom stereocenters. The highest BCUT2D eigenvalue weighted by Crippen LogP contribution is 2.22. The molecule has 3 aromatic rings. The van der Waals surface area contributed by atoms with E-state index < -0.39 is 15.4 Å². The number of halogens is 2. The van der Waals surface area contributed by atoms with E-state index in [1.54, 1.807) is 12.1 Å². The average molecular weight is 472 g/mol. The second-order valence-corrected chi connectivity index (χ2v) is 10.1. The summed E-state index contributed by atoms with van der Waals surface area (Å²) in [5, 5.41) is 8.09. The molecule has 11 heteroatoms. The van der Waals surface area contributed by atoms with E-state index in [0.29, 0.717) is 28.5 Å². The lowest BCUT2D eigenvalue weighted by atomic mass is 10.2. The Morgan fingerprint density at radius 2 is 1.97 bits per heavy atom. The molecule has 162 valence electrons. The summed E-state index contributed by atoms with van der Waals surface area (Å²) < 4.78 is 25.7. The number of aromatic amines is 1. The lowest BCUT2D eigenvalue weighted by molar-refractivity contribution is 0.579. The van der Waals surface area contributed by atoms with Crippen LogP contribution in [-0.2, 0) is 22.9 Å². The highest BCUT2D eigenvalue weighted by molar-refractivity contribution is 7.91. The fourth-order valence-corrected chi connectivity index (χ4v) is 4.61. The maximum Gasteiger partial charge on any atom is 0.278 e. The molecule has 0 bridgehead atoms. The molecule has 0 amide bonds.